The Morgan fingerprint density at radius 2 is 1.57 bits per heavy atom. The number of hydrogen-bond donors (Lipinski definition) is 0. The van der Waals surface area contributed by atoms with E-state index in [1.54, 1.807) is 41.0 Å². The minimum absolute atomic E-state index is 0.0504. The molecule has 0 aliphatic carbocycles. The van der Waals surface area contributed by atoms with E-state index in [4.69, 9.17) is 9.47 Å². The predicted molar refractivity (Wildman–Crippen MR) is 114 cm³/mol. The van der Waals surface area contributed by atoms with E-state index < -0.39 is 6.16 Å². The van der Waals surface area contributed by atoms with Crippen LogP contribution in [0.25, 0.3) is 0 Å². The molecule has 8 heteroatoms. The molecule has 0 N–H and O–H groups in total. The molecule has 1 saturated heterocycles. The molecule has 0 unspecified atom stereocenters. The second-order valence-corrected chi connectivity index (χ2v) is 7.60. The smallest absolute Gasteiger partial charge is 0.434 e. The summed E-state index contributed by atoms with van der Waals surface area (Å²) in [6.07, 6.45) is -0.447. The summed E-state index contributed by atoms with van der Waals surface area (Å²) in [5.74, 6) is 0.248. The predicted octanol–water partition coefficient (Wildman–Crippen LogP) is 3.51. The van der Waals surface area contributed by atoms with Crippen LogP contribution in [0, 0.1) is 0 Å². The molecule has 0 bridgehead atoms. The quantitative estimate of drug-likeness (QED) is 0.489. The highest BCUT2D eigenvalue weighted by Gasteiger charge is 2.25. The Morgan fingerprint density at radius 3 is 2.20 bits per heavy atom. The lowest BCUT2D eigenvalue weighted by atomic mass is 10.1. The first-order valence-electron chi connectivity index (χ1n) is 9.73. The number of benzene rings is 2. The number of carbonyl (C=O) groups excluding carboxylic acids is 3. The normalized spacial score (nSPS) is 13.7. The Kier molecular flexibility index (Phi) is 7.46. The van der Waals surface area contributed by atoms with Gasteiger partial charge in [0, 0.05) is 36.2 Å². The molecule has 3 rings (SSSR count). The maximum atomic E-state index is 12.7. The first-order valence-corrected chi connectivity index (χ1v) is 10.5. The molecule has 1 heterocycles. The van der Waals surface area contributed by atoms with Crippen molar-refractivity contribution in [3.8, 4) is 5.75 Å². The van der Waals surface area contributed by atoms with Crippen molar-refractivity contribution in [1.82, 2.24) is 9.80 Å². The minimum Gasteiger partial charge on any atom is -0.434 e. The van der Waals surface area contributed by atoms with Crippen LogP contribution >= 0.6 is 15.9 Å². The van der Waals surface area contributed by atoms with Gasteiger partial charge in [0.1, 0.15) is 5.75 Å². The Hall–Kier alpha value is -2.87. The molecular formula is C22H23BrN2O5. The molecule has 2 amide bonds. The number of ether oxygens (including phenoxy) is 2. The third-order valence-corrected chi connectivity index (χ3v) is 5.56. The lowest BCUT2D eigenvalue weighted by Crippen LogP contribution is -2.51. The van der Waals surface area contributed by atoms with Gasteiger partial charge in [-0.15, -0.1) is 0 Å². The van der Waals surface area contributed by atoms with E-state index >= 15 is 0 Å². The van der Waals surface area contributed by atoms with Gasteiger partial charge in [0.15, 0.2) is 0 Å². The van der Waals surface area contributed by atoms with E-state index in [0.29, 0.717) is 43.9 Å². The molecule has 0 saturated carbocycles. The summed E-state index contributed by atoms with van der Waals surface area (Å²) in [7, 11) is 0. The number of carbonyl (C=O) groups is 3. The standard InChI is InChI=1S/C22H23BrN2O5/c1-2-29-22(28)30-18-9-7-16(8-10-18)21(27)25-13-11-24(12-14-25)20(26)15-17-5-3-4-6-19(17)23/h3-10H,2,11-15H2,1H3. The number of amides is 2. The topological polar surface area (TPSA) is 76.2 Å². The molecule has 0 spiro atoms. The molecule has 0 radical (unpaired) electrons. The Bertz CT molecular complexity index is 908. The van der Waals surface area contributed by atoms with Gasteiger partial charge in [-0.3, -0.25) is 9.59 Å². The average Bonchev–Trinajstić information content (AvgIpc) is 2.75. The van der Waals surface area contributed by atoms with Gasteiger partial charge in [-0.1, -0.05) is 34.1 Å². The van der Waals surface area contributed by atoms with Crippen LogP contribution in [0.3, 0.4) is 0 Å². The SMILES string of the molecule is CCOC(=O)Oc1ccc(C(=O)N2CCN(C(=O)Cc3ccccc3Br)CC2)cc1. The zero-order valence-corrected chi connectivity index (χ0v) is 18.3. The van der Waals surface area contributed by atoms with Crippen molar-refractivity contribution in [2.45, 2.75) is 13.3 Å². The second kappa shape index (κ2) is 10.2. The molecule has 1 aliphatic rings. The summed E-state index contributed by atoms with van der Waals surface area (Å²) in [6.45, 7) is 3.87. The monoisotopic (exact) mass is 474 g/mol. The van der Waals surface area contributed by atoms with Crippen LogP contribution < -0.4 is 4.74 Å². The van der Waals surface area contributed by atoms with E-state index in [1.807, 2.05) is 24.3 Å². The molecule has 2 aromatic rings. The first kappa shape index (κ1) is 21.8. The number of piperazine rings is 1. The summed E-state index contributed by atoms with van der Waals surface area (Å²) in [5, 5.41) is 0. The maximum absolute atomic E-state index is 12.7. The molecule has 30 heavy (non-hydrogen) atoms. The number of nitrogens with zero attached hydrogens (tertiary/aromatic N) is 2. The van der Waals surface area contributed by atoms with E-state index in [-0.39, 0.29) is 18.4 Å². The molecule has 2 aromatic carbocycles. The van der Waals surface area contributed by atoms with Gasteiger partial charge < -0.3 is 19.3 Å². The van der Waals surface area contributed by atoms with Crippen molar-refractivity contribution >= 4 is 33.9 Å². The van der Waals surface area contributed by atoms with Gasteiger partial charge in [0.05, 0.1) is 13.0 Å². The van der Waals surface area contributed by atoms with Crippen molar-refractivity contribution in [3.63, 3.8) is 0 Å². The van der Waals surface area contributed by atoms with Crippen LogP contribution in [-0.4, -0.2) is 60.6 Å². The highest BCUT2D eigenvalue weighted by atomic mass is 79.9. The Balaban J connectivity index is 1.52. The van der Waals surface area contributed by atoms with Crippen LogP contribution in [0.2, 0.25) is 0 Å². The number of hydrogen-bond acceptors (Lipinski definition) is 5. The van der Waals surface area contributed by atoms with E-state index in [1.165, 1.54) is 0 Å². The second-order valence-electron chi connectivity index (χ2n) is 6.75. The van der Waals surface area contributed by atoms with Gasteiger partial charge in [-0.2, -0.15) is 0 Å². The Labute approximate surface area is 183 Å². The highest BCUT2D eigenvalue weighted by Crippen LogP contribution is 2.18. The largest absolute Gasteiger partial charge is 0.513 e. The first-order chi connectivity index (χ1) is 14.5. The highest BCUT2D eigenvalue weighted by molar-refractivity contribution is 9.10. The van der Waals surface area contributed by atoms with E-state index in [0.717, 1.165) is 10.0 Å². The van der Waals surface area contributed by atoms with Crippen molar-refractivity contribution < 1.29 is 23.9 Å². The third-order valence-electron chi connectivity index (χ3n) is 4.78. The Morgan fingerprint density at radius 1 is 0.933 bits per heavy atom. The summed E-state index contributed by atoms with van der Waals surface area (Å²) < 4.78 is 10.6. The van der Waals surface area contributed by atoms with E-state index in [2.05, 4.69) is 15.9 Å². The maximum Gasteiger partial charge on any atom is 0.513 e. The number of halogens is 1. The lowest BCUT2D eigenvalue weighted by Gasteiger charge is -2.35. The molecule has 158 valence electrons. The summed E-state index contributed by atoms with van der Waals surface area (Å²) in [5.41, 5.74) is 1.45. The summed E-state index contributed by atoms with van der Waals surface area (Å²) in [4.78, 5) is 40.2. The number of rotatable bonds is 5. The van der Waals surface area contributed by atoms with Crippen molar-refractivity contribution in [1.29, 1.82) is 0 Å². The van der Waals surface area contributed by atoms with Crippen molar-refractivity contribution in [2.75, 3.05) is 32.8 Å². The zero-order chi connectivity index (χ0) is 21.5. The lowest BCUT2D eigenvalue weighted by molar-refractivity contribution is -0.131. The zero-order valence-electron chi connectivity index (χ0n) is 16.7. The minimum atomic E-state index is -0.778. The molecular weight excluding hydrogens is 452 g/mol. The van der Waals surface area contributed by atoms with Crippen LogP contribution in [0.5, 0.6) is 5.75 Å². The molecule has 1 fully saturated rings. The molecule has 1 aliphatic heterocycles. The molecule has 0 aromatic heterocycles. The van der Waals surface area contributed by atoms with Gasteiger partial charge in [-0.25, -0.2) is 4.79 Å². The van der Waals surface area contributed by atoms with Gasteiger partial charge >= 0.3 is 6.16 Å². The van der Waals surface area contributed by atoms with Gasteiger partial charge in [-0.05, 0) is 42.8 Å². The fraction of sp³-hybridized carbons (Fsp3) is 0.318. The van der Waals surface area contributed by atoms with Crippen molar-refractivity contribution in [3.05, 3.63) is 64.1 Å². The summed E-state index contributed by atoms with van der Waals surface area (Å²) >= 11 is 3.47. The van der Waals surface area contributed by atoms with Crippen LogP contribution in [0.1, 0.15) is 22.8 Å². The van der Waals surface area contributed by atoms with E-state index in [9.17, 15) is 14.4 Å². The molecule has 7 nitrogen and oxygen atoms in total. The van der Waals surface area contributed by atoms with Gasteiger partial charge in [0.25, 0.3) is 5.91 Å². The molecule has 0 atom stereocenters. The van der Waals surface area contributed by atoms with Crippen LogP contribution in [0.4, 0.5) is 4.79 Å². The fourth-order valence-corrected chi connectivity index (χ4v) is 3.59. The van der Waals surface area contributed by atoms with Crippen LogP contribution in [0.15, 0.2) is 53.0 Å². The average molecular weight is 475 g/mol. The van der Waals surface area contributed by atoms with Crippen molar-refractivity contribution in [2.24, 2.45) is 0 Å². The van der Waals surface area contributed by atoms with Crippen LogP contribution in [-0.2, 0) is 16.0 Å². The fourth-order valence-electron chi connectivity index (χ4n) is 3.17. The summed E-state index contributed by atoms with van der Waals surface area (Å²) in [6, 6.07) is 14.0. The third kappa shape index (κ3) is 5.60. The van der Waals surface area contributed by atoms with Gasteiger partial charge in [0.2, 0.25) is 5.91 Å².